The summed E-state index contributed by atoms with van der Waals surface area (Å²) < 4.78 is 11.0. The van der Waals surface area contributed by atoms with Gasteiger partial charge in [-0.3, -0.25) is 14.5 Å². The van der Waals surface area contributed by atoms with Crippen LogP contribution in [0.4, 0.5) is 11.4 Å². The van der Waals surface area contributed by atoms with Gasteiger partial charge in [-0.25, -0.2) is 0 Å². The summed E-state index contributed by atoms with van der Waals surface area (Å²) in [4.78, 5) is 26.7. The average molecular weight is 416 g/mol. The standard InChI is InChI=1S/C21H22ClN3O4/c22-15-1-6-18-14(11-15)12-19(29-18)21(27)24-17-4-2-16(3-5-17)23-20(26)13-25-7-9-28-10-8-25/h1-6,11,19H,7-10,12-13H2,(H,23,26)(H,24,27)/t19-/m0/s1. The maximum atomic E-state index is 12.5. The first-order valence-corrected chi connectivity index (χ1v) is 9.90. The second-order valence-corrected chi connectivity index (χ2v) is 7.50. The van der Waals surface area contributed by atoms with Gasteiger partial charge in [0.05, 0.1) is 19.8 Å². The topological polar surface area (TPSA) is 79.9 Å². The summed E-state index contributed by atoms with van der Waals surface area (Å²) in [5.74, 6) is 0.397. The van der Waals surface area contributed by atoms with E-state index in [-0.39, 0.29) is 11.8 Å². The van der Waals surface area contributed by atoms with E-state index in [0.29, 0.717) is 48.3 Å². The van der Waals surface area contributed by atoms with Crippen LogP contribution in [0.2, 0.25) is 5.02 Å². The van der Waals surface area contributed by atoms with Crippen LogP contribution < -0.4 is 15.4 Å². The molecule has 0 radical (unpaired) electrons. The Kier molecular flexibility index (Phi) is 5.99. The van der Waals surface area contributed by atoms with E-state index < -0.39 is 6.10 Å². The minimum atomic E-state index is -0.587. The molecule has 0 unspecified atom stereocenters. The number of rotatable bonds is 5. The third-order valence-electron chi connectivity index (χ3n) is 4.90. The van der Waals surface area contributed by atoms with Crippen LogP contribution in [0, 0.1) is 0 Å². The number of benzene rings is 2. The first kappa shape index (κ1) is 19.7. The normalized spacial score (nSPS) is 18.6. The molecule has 4 rings (SSSR count). The molecular formula is C21H22ClN3O4. The number of morpholine rings is 1. The third kappa shape index (κ3) is 5.06. The zero-order chi connectivity index (χ0) is 20.2. The molecule has 1 saturated heterocycles. The molecule has 2 aliphatic rings. The smallest absolute Gasteiger partial charge is 0.265 e. The van der Waals surface area contributed by atoms with Gasteiger partial charge in [0.15, 0.2) is 6.10 Å². The zero-order valence-corrected chi connectivity index (χ0v) is 16.6. The van der Waals surface area contributed by atoms with Crippen molar-refractivity contribution in [3.63, 3.8) is 0 Å². The molecule has 152 valence electrons. The number of fused-ring (bicyclic) bond motifs is 1. The molecular weight excluding hydrogens is 394 g/mol. The summed E-state index contributed by atoms with van der Waals surface area (Å²) >= 11 is 5.99. The lowest BCUT2D eigenvalue weighted by Gasteiger charge is -2.25. The quantitative estimate of drug-likeness (QED) is 0.784. The summed E-state index contributed by atoms with van der Waals surface area (Å²) in [6.07, 6.45) is -0.103. The lowest BCUT2D eigenvalue weighted by atomic mass is 10.1. The van der Waals surface area contributed by atoms with E-state index in [9.17, 15) is 9.59 Å². The van der Waals surface area contributed by atoms with E-state index in [1.54, 1.807) is 36.4 Å². The van der Waals surface area contributed by atoms with Crippen LogP contribution >= 0.6 is 11.6 Å². The predicted octanol–water partition coefficient (Wildman–Crippen LogP) is 2.55. The fraction of sp³-hybridized carbons (Fsp3) is 0.333. The van der Waals surface area contributed by atoms with E-state index in [2.05, 4.69) is 15.5 Å². The van der Waals surface area contributed by atoms with E-state index in [0.717, 1.165) is 18.7 Å². The van der Waals surface area contributed by atoms with Crippen molar-refractivity contribution in [1.82, 2.24) is 4.90 Å². The third-order valence-corrected chi connectivity index (χ3v) is 5.13. The molecule has 1 atom stereocenters. The Labute approximate surface area is 173 Å². The van der Waals surface area contributed by atoms with Crippen LogP contribution in [0.25, 0.3) is 0 Å². The molecule has 0 aromatic heterocycles. The molecule has 8 heteroatoms. The van der Waals surface area contributed by atoms with E-state index >= 15 is 0 Å². The number of nitrogens with zero attached hydrogens (tertiary/aromatic N) is 1. The molecule has 0 saturated carbocycles. The lowest BCUT2D eigenvalue weighted by molar-refractivity contribution is -0.122. The minimum Gasteiger partial charge on any atom is -0.480 e. The van der Waals surface area contributed by atoms with Crippen molar-refractivity contribution < 1.29 is 19.1 Å². The average Bonchev–Trinajstić information content (AvgIpc) is 3.13. The van der Waals surface area contributed by atoms with Gasteiger partial charge in [0.2, 0.25) is 5.91 Å². The molecule has 0 spiro atoms. The highest BCUT2D eigenvalue weighted by molar-refractivity contribution is 6.30. The number of anilines is 2. The molecule has 0 aliphatic carbocycles. The van der Waals surface area contributed by atoms with E-state index in [4.69, 9.17) is 21.1 Å². The van der Waals surface area contributed by atoms with Crippen molar-refractivity contribution in [2.75, 3.05) is 43.5 Å². The SMILES string of the molecule is O=C(CN1CCOCC1)Nc1ccc(NC(=O)[C@@H]2Cc3cc(Cl)ccc3O2)cc1. The highest BCUT2D eigenvalue weighted by Crippen LogP contribution is 2.31. The second-order valence-electron chi connectivity index (χ2n) is 7.07. The van der Waals surface area contributed by atoms with Gasteiger partial charge >= 0.3 is 0 Å². The fourth-order valence-electron chi connectivity index (χ4n) is 3.39. The van der Waals surface area contributed by atoms with Crippen molar-refractivity contribution in [3.8, 4) is 5.75 Å². The molecule has 2 aromatic rings. The Hall–Kier alpha value is -2.61. The Morgan fingerprint density at radius 1 is 1.03 bits per heavy atom. The number of halogens is 1. The van der Waals surface area contributed by atoms with Crippen molar-refractivity contribution in [3.05, 3.63) is 53.1 Å². The highest BCUT2D eigenvalue weighted by atomic mass is 35.5. The Morgan fingerprint density at radius 2 is 1.72 bits per heavy atom. The largest absolute Gasteiger partial charge is 0.480 e. The van der Waals surface area contributed by atoms with Crippen LogP contribution in [0.1, 0.15) is 5.56 Å². The monoisotopic (exact) mass is 415 g/mol. The summed E-state index contributed by atoms with van der Waals surface area (Å²) in [5, 5.41) is 6.34. The fourth-order valence-corrected chi connectivity index (χ4v) is 3.58. The number of hydrogen-bond acceptors (Lipinski definition) is 5. The van der Waals surface area contributed by atoms with Gasteiger partial charge in [-0.15, -0.1) is 0 Å². The first-order chi connectivity index (χ1) is 14.1. The molecule has 1 fully saturated rings. The summed E-state index contributed by atoms with van der Waals surface area (Å²) in [6, 6.07) is 12.4. The van der Waals surface area contributed by atoms with Crippen LogP contribution in [-0.2, 0) is 20.7 Å². The number of nitrogens with one attached hydrogen (secondary N) is 2. The molecule has 29 heavy (non-hydrogen) atoms. The number of carbonyl (C=O) groups excluding carboxylic acids is 2. The molecule has 2 amide bonds. The van der Waals surface area contributed by atoms with Crippen LogP contribution in [0.3, 0.4) is 0 Å². The molecule has 0 bridgehead atoms. The molecule has 7 nitrogen and oxygen atoms in total. The molecule has 2 aliphatic heterocycles. The van der Waals surface area contributed by atoms with E-state index in [1.165, 1.54) is 0 Å². The van der Waals surface area contributed by atoms with Gasteiger partial charge in [0.25, 0.3) is 5.91 Å². The maximum Gasteiger partial charge on any atom is 0.265 e. The predicted molar refractivity (Wildman–Crippen MR) is 111 cm³/mol. The van der Waals surface area contributed by atoms with Gasteiger partial charge in [-0.2, -0.15) is 0 Å². The van der Waals surface area contributed by atoms with Gasteiger partial charge < -0.3 is 20.1 Å². The van der Waals surface area contributed by atoms with Crippen molar-refractivity contribution in [2.45, 2.75) is 12.5 Å². The summed E-state index contributed by atoms with van der Waals surface area (Å²) in [5.41, 5.74) is 2.25. The van der Waals surface area contributed by atoms with E-state index in [1.807, 2.05) is 6.07 Å². The Balaban J connectivity index is 1.28. The van der Waals surface area contributed by atoms with Crippen molar-refractivity contribution in [2.24, 2.45) is 0 Å². The van der Waals surface area contributed by atoms with Crippen LogP contribution in [0.15, 0.2) is 42.5 Å². The van der Waals surface area contributed by atoms with Gasteiger partial charge in [0.1, 0.15) is 5.75 Å². The van der Waals surface area contributed by atoms with Gasteiger partial charge in [-0.1, -0.05) is 11.6 Å². The lowest BCUT2D eigenvalue weighted by Crippen LogP contribution is -2.41. The van der Waals surface area contributed by atoms with Gasteiger partial charge in [0, 0.05) is 35.9 Å². The maximum absolute atomic E-state index is 12.5. The zero-order valence-electron chi connectivity index (χ0n) is 15.8. The number of carbonyl (C=O) groups is 2. The number of ether oxygens (including phenoxy) is 2. The van der Waals surface area contributed by atoms with Crippen LogP contribution in [-0.4, -0.2) is 55.7 Å². The Bertz CT molecular complexity index is 897. The van der Waals surface area contributed by atoms with Crippen molar-refractivity contribution in [1.29, 1.82) is 0 Å². The number of amides is 2. The second kappa shape index (κ2) is 8.82. The Morgan fingerprint density at radius 3 is 2.45 bits per heavy atom. The summed E-state index contributed by atoms with van der Waals surface area (Å²) in [6.45, 7) is 3.18. The van der Waals surface area contributed by atoms with Gasteiger partial charge in [-0.05, 0) is 48.0 Å². The van der Waals surface area contributed by atoms with Crippen molar-refractivity contribution >= 4 is 34.8 Å². The first-order valence-electron chi connectivity index (χ1n) is 9.53. The molecule has 2 aromatic carbocycles. The number of hydrogen-bond donors (Lipinski definition) is 2. The summed E-state index contributed by atoms with van der Waals surface area (Å²) in [7, 11) is 0. The minimum absolute atomic E-state index is 0.0699. The highest BCUT2D eigenvalue weighted by Gasteiger charge is 2.29. The molecule has 2 heterocycles. The molecule has 2 N–H and O–H groups in total. The van der Waals surface area contributed by atoms with Crippen LogP contribution in [0.5, 0.6) is 5.75 Å².